The van der Waals surface area contributed by atoms with E-state index in [0.29, 0.717) is 5.95 Å². The predicted octanol–water partition coefficient (Wildman–Crippen LogP) is 3.99. The molecule has 8 heteroatoms. The van der Waals surface area contributed by atoms with Crippen molar-refractivity contribution in [3.8, 4) is 22.8 Å². The van der Waals surface area contributed by atoms with Gasteiger partial charge >= 0.3 is 0 Å². The van der Waals surface area contributed by atoms with Gasteiger partial charge in [0.15, 0.2) is 0 Å². The smallest absolute Gasteiger partial charge is 0.213 e. The number of ether oxygens (including phenoxy) is 3. The fourth-order valence-corrected chi connectivity index (χ4v) is 3.87. The highest BCUT2D eigenvalue weighted by atomic mass is 16.5. The standard InChI is InChI=1S/C24H25N5O3/c1-30-19-6-4-18(5-7-19)26-24-27-20(16-23-25-9-10-29(23)24)17-3-8-21(22(15-17)31-2)28-11-13-32-14-12-28/h3-10,15-16H,11-14H2,1-2H3,(H,26,27). The minimum atomic E-state index is 0.677. The molecule has 2 aromatic carbocycles. The molecule has 0 unspecified atom stereocenters. The van der Waals surface area contributed by atoms with E-state index in [2.05, 4.69) is 27.3 Å². The summed E-state index contributed by atoms with van der Waals surface area (Å²) in [5.41, 5.74) is 4.56. The molecular weight excluding hydrogens is 406 g/mol. The Morgan fingerprint density at radius 3 is 2.53 bits per heavy atom. The molecule has 0 bridgehead atoms. The number of hydrogen-bond acceptors (Lipinski definition) is 7. The molecular formula is C24H25N5O3. The largest absolute Gasteiger partial charge is 0.497 e. The molecule has 1 aliphatic heterocycles. The Kier molecular flexibility index (Phi) is 5.51. The van der Waals surface area contributed by atoms with E-state index in [1.165, 1.54) is 0 Å². The third-order valence-corrected chi connectivity index (χ3v) is 5.56. The molecule has 0 spiro atoms. The van der Waals surface area contributed by atoms with E-state index >= 15 is 0 Å². The quantitative estimate of drug-likeness (QED) is 0.495. The van der Waals surface area contributed by atoms with Crippen molar-refractivity contribution in [2.45, 2.75) is 0 Å². The molecule has 0 amide bonds. The van der Waals surface area contributed by atoms with Crippen LogP contribution in [0.25, 0.3) is 16.9 Å². The number of rotatable bonds is 6. The van der Waals surface area contributed by atoms with Gasteiger partial charge in [0.05, 0.1) is 38.8 Å². The van der Waals surface area contributed by atoms with E-state index in [1.807, 2.05) is 47.0 Å². The van der Waals surface area contributed by atoms with Gasteiger partial charge in [0.25, 0.3) is 0 Å². The Balaban J connectivity index is 1.51. The van der Waals surface area contributed by atoms with Crippen molar-refractivity contribution >= 4 is 23.0 Å². The second-order valence-corrected chi connectivity index (χ2v) is 7.46. The highest BCUT2D eigenvalue weighted by molar-refractivity contribution is 5.73. The fraction of sp³-hybridized carbons (Fsp3) is 0.250. The first-order chi connectivity index (χ1) is 15.7. The monoisotopic (exact) mass is 431 g/mol. The van der Waals surface area contributed by atoms with Crippen LogP contribution in [0.4, 0.5) is 17.3 Å². The van der Waals surface area contributed by atoms with Crippen molar-refractivity contribution in [2.75, 3.05) is 50.7 Å². The highest BCUT2D eigenvalue weighted by Gasteiger charge is 2.17. The van der Waals surface area contributed by atoms with Gasteiger partial charge in [-0.2, -0.15) is 0 Å². The molecule has 5 rings (SSSR count). The van der Waals surface area contributed by atoms with Crippen molar-refractivity contribution in [3.63, 3.8) is 0 Å². The molecule has 0 radical (unpaired) electrons. The summed E-state index contributed by atoms with van der Waals surface area (Å²) < 4.78 is 18.4. The van der Waals surface area contributed by atoms with Crippen LogP contribution >= 0.6 is 0 Å². The topological polar surface area (TPSA) is 73.2 Å². The number of fused-ring (bicyclic) bond motifs is 1. The van der Waals surface area contributed by atoms with Gasteiger partial charge < -0.3 is 24.4 Å². The summed E-state index contributed by atoms with van der Waals surface area (Å²) in [6, 6.07) is 15.9. The first-order valence-electron chi connectivity index (χ1n) is 10.5. The second-order valence-electron chi connectivity index (χ2n) is 7.46. The summed E-state index contributed by atoms with van der Waals surface area (Å²) >= 11 is 0. The Morgan fingerprint density at radius 1 is 0.969 bits per heavy atom. The molecule has 0 atom stereocenters. The maximum absolute atomic E-state index is 5.72. The minimum absolute atomic E-state index is 0.677. The molecule has 8 nitrogen and oxygen atoms in total. The lowest BCUT2D eigenvalue weighted by Gasteiger charge is -2.30. The maximum atomic E-state index is 5.72. The van der Waals surface area contributed by atoms with E-state index in [1.54, 1.807) is 20.4 Å². The van der Waals surface area contributed by atoms with Gasteiger partial charge in [-0.15, -0.1) is 0 Å². The van der Waals surface area contributed by atoms with Crippen LogP contribution in [0.1, 0.15) is 0 Å². The molecule has 32 heavy (non-hydrogen) atoms. The minimum Gasteiger partial charge on any atom is -0.497 e. The van der Waals surface area contributed by atoms with Crippen LogP contribution in [-0.4, -0.2) is 54.9 Å². The van der Waals surface area contributed by atoms with E-state index in [9.17, 15) is 0 Å². The van der Waals surface area contributed by atoms with Crippen LogP contribution in [0.5, 0.6) is 11.5 Å². The molecule has 1 fully saturated rings. The first kappa shape index (κ1) is 20.1. The van der Waals surface area contributed by atoms with Crippen molar-refractivity contribution in [2.24, 2.45) is 0 Å². The van der Waals surface area contributed by atoms with Crippen LogP contribution in [0, 0.1) is 0 Å². The Hall–Kier alpha value is -3.78. The van der Waals surface area contributed by atoms with Crippen molar-refractivity contribution in [1.29, 1.82) is 0 Å². The predicted molar refractivity (Wildman–Crippen MR) is 124 cm³/mol. The number of morpholine rings is 1. The van der Waals surface area contributed by atoms with Crippen LogP contribution in [0.15, 0.2) is 60.9 Å². The molecule has 3 heterocycles. The number of anilines is 3. The van der Waals surface area contributed by atoms with Crippen LogP contribution in [0.2, 0.25) is 0 Å². The van der Waals surface area contributed by atoms with E-state index < -0.39 is 0 Å². The summed E-state index contributed by atoms with van der Waals surface area (Å²) in [7, 11) is 3.35. The van der Waals surface area contributed by atoms with Gasteiger partial charge in [0, 0.05) is 42.8 Å². The number of nitrogens with one attached hydrogen (secondary N) is 1. The lowest BCUT2D eigenvalue weighted by Crippen LogP contribution is -2.36. The van der Waals surface area contributed by atoms with Gasteiger partial charge in [-0.3, -0.25) is 4.40 Å². The van der Waals surface area contributed by atoms with Crippen LogP contribution in [0.3, 0.4) is 0 Å². The van der Waals surface area contributed by atoms with E-state index in [0.717, 1.165) is 66.1 Å². The number of hydrogen-bond donors (Lipinski definition) is 1. The third kappa shape index (κ3) is 3.92. The maximum Gasteiger partial charge on any atom is 0.213 e. The third-order valence-electron chi connectivity index (χ3n) is 5.56. The average Bonchev–Trinajstić information content (AvgIpc) is 3.34. The highest BCUT2D eigenvalue weighted by Crippen LogP contribution is 2.34. The summed E-state index contributed by atoms with van der Waals surface area (Å²) in [6.45, 7) is 3.15. The molecule has 0 aliphatic carbocycles. The molecule has 164 valence electrons. The lowest BCUT2D eigenvalue weighted by molar-refractivity contribution is 0.122. The number of imidazole rings is 1. The summed E-state index contributed by atoms with van der Waals surface area (Å²) in [5.74, 6) is 2.30. The number of nitrogens with zero attached hydrogens (tertiary/aromatic N) is 4. The molecule has 4 aromatic rings. The molecule has 2 aromatic heterocycles. The second kappa shape index (κ2) is 8.76. The summed E-state index contributed by atoms with van der Waals surface area (Å²) in [5, 5.41) is 3.39. The molecule has 1 aliphatic rings. The van der Waals surface area contributed by atoms with Gasteiger partial charge in [-0.1, -0.05) is 6.07 Å². The molecule has 1 N–H and O–H groups in total. The fourth-order valence-electron chi connectivity index (χ4n) is 3.87. The zero-order chi connectivity index (χ0) is 21.9. The Labute approximate surface area is 186 Å². The van der Waals surface area contributed by atoms with Crippen LogP contribution in [-0.2, 0) is 4.74 Å². The van der Waals surface area contributed by atoms with E-state index in [4.69, 9.17) is 19.2 Å². The normalized spacial score (nSPS) is 13.9. The van der Waals surface area contributed by atoms with Crippen molar-refractivity contribution in [3.05, 3.63) is 60.9 Å². The Bertz CT molecular complexity index is 1220. The lowest BCUT2D eigenvalue weighted by atomic mass is 10.1. The summed E-state index contributed by atoms with van der Waals surface area (Å²) in [6.07, 6.45) is 3.65. The summed E-state index contributed by atoms with van der Waals surface area (Å²) in [4.78, 5) is 11.7. The molecule has 0 saturated carbocycles. The SMILES string of the molecule is COc1ccc(Nc2nc(-c3ccc(N4CCOCC4)c(OC)c3)cc3nccn23)cc1. The van der Waals surface area contributed by atoms with Gasteiger partial charge in [-0.05, 0) is 36.4 Å². The average molecular weight is 431 g/mol. The van der Waals surface area contributed by atoms with Crippen molar-refractivity contribution in [1.82, 2.24) is 14.4 Å². The van der Waals surface area contributed by atoms with Gasteiger partial charge in [0.1, 0.15) is 17.1 Å². The van der Waals surface area contributed by atoms with E-state index in [-0.39, 0.29) is 0 Å². The Morgan fingerprint density at radius 2 is 1.78 bits per heavy atom. The van der Waals surface area contributed by atoms with Crippen LogP contribution < -0.4 is 19.7 Å². The van der Waals surface area contributed by atoms with Gasteiger partial charge in [-0.25, -0.2) is 9.97 Å². The molecule has 1 saturated heterocycles. The zero-order valence-electron chi connectivity index (χ0n) is 18.1. The number of methoxy groups -OCH3 is 2. The van der Waals surface area contributed by atoms with Crippen molar-refractivity contribution < 1.29 is 14.2 Å². The van der Waals surface area contributed by atoms with Gasteiger partial charge in [0.2, 0.25) is 5.95 Å². The first-order valence-corrected chi connectivity index (χ1v) is 10.5. The zero-order valence-corrected chi connectivity index (χ0v) is 18.1. The number of aromatic nitrogens is 3. The number of benzene rings is 2.